The first kappa shape index (κ1) is 21.2. The monoisotopic (exact) mass is 410 g/mol. The Bertz CT molecular complexity index is 1070. The number of methoxy groups -OCH3 is 2. The maximum atomic E-state index is 12.6. The SMILES string of the molecule is COc1ccc(NC(=O)CCCNC(=O)c2c(C)nc3c(C)cccn23)c(OC)c1. The number of carbonyl (C=O) groups excluding carboxylic acids is 2. The van der Waals surface area contributed by atoms with Gasteiger partial charge in [-0.3, -0.25) is 14.0 Å². The Hall–Kier alpha value is -3.55. The Balaban J connectivity index is 1.53. The molecule has 3 aromatic rings. The molecule has 8 nitrogen and oxygen atoms in total. The van der Waals surface area contributed by atoms with Crippen LogP contribution < -0.4 is 20.1 Å². The minimum Gasteiger partial charge on any atom is -0.497 e. The summed E-state index contributed by atoms with van der Waals surface area (Å²) in [5.41, 5.74) is 3.54. The molecule has 0 aliphatic carbocycles. The van der Waals surface area contributed by atoms with Gasteiger partial charge in [0.25, 0.3) is 5.91 Å². The van der Waals surface area contributed by atoms with E-state index in [1.54, 1.807) is 29.7 Å². The van der Waals surface area contributed by atoms with Gasteiger partial charge in [-0.25, -0.2) is 4.98 Å². The van der Waals surface area contributed by atoms with Gasteiger partial charge in [0.1, 0.15) is 22.8 Å². The topological polar surface area (TPSA) is 94.0 Å². The molecule has 1 aromatic carbocycles. The van der Waals surface area contributed by atoms with E-state index in [0.717, 1.165) is 11.2 Å². The number of aryl methyl sites for hydroxylation is 2. The summed E-state index contributed by atoms with van der Waals surface area (Å²) in [6.07, 6.45) is 2.60. The first-order valence-electron chi connectivity index (χ1n) is 9.69. The Morgan fingerprint density at radius 3 is 2.67 bits per heavy atom. The molecule has 8 heteroatoms. The number of aromatic nitrogens is 2. The summed E-state index contributed by atoms with van der Waals surface area (Å²) in [6.45, 7) is 4.15. The van der Waals surface area contributed by atoms with E-state index >= 15 is 0 Å². The van der Waals surface area contributed by atoms with Crippen molar-refractivity contribution in [2.75, 3.05) is 26.1 Å². The fourth-order valence-electron chi connectivity index (χ4n) is 3.24. The molecular weight excluding hydrogens is 384 g/mol. The van der Waals surface area contributed by atoms with Crippen molar-refractivity contribution in [3.05, 3.63) is 53.5 Å². The van der Waals surface area contributed by atoms with Crippen LogP contribution >= 0.6 is 0 Å². The van der Waals surface area contributed by atoms with Crippen LogP contribution in [0.1, 0.15) is 34.6 Å². The van der Waals surface area contributed by atoms with Gasteiger partial charge in [-0.1, -0.05) is 6.07 Å². The van der Waals surface area contributed by atoms with E-state index in [4.69, 9.17) is 9.47 Å². The number of hydrogen-bond donors (Lipinski definition) is 2. The van der Waals surface area contributed by atoms with Gasteiger partial charge in [0.2, 0.25) is 5.91 Å². The van der Waals surface area contributed by atoms with Crippen LogP contribution in [0.15, 0.2) is 36.5 Å². The van der Waals surface area contributed by atoms with Crippen LogP contribution in [0.25, 0.3) is 5.65 Å². The zero-order valence-electron chi connectivity index (χ0n) is 17.6. The second-order valence-corrected chi connectivity index (χ2v) is 6.90. The van der Waals surface area contributed by atoms with Crippen LogP contribution in [0, 0.1) is 13.8 Å². The van der Waals surface area contributed by atoms with Gasteiger partial charge >= 0.3 is 0 Å². The molecule has 2 amide bonds. The standard InChI is InChI=1S/C22H26N4O4/c1-14-7-6-12-26-20(15(2)24-21(14)26)22(28)23-11-5-8-19(27)25-17-10-9-16(29-3)13-18(17)30-4/h6-7,9-10,12-13H,5,8,11H2,1-4H3,(H,23,28)(H,25,27). The summed E-state index contributed by atoms with van der Waals surface area (Å²) in [7, 11) is 3.10. The number of rotatable bonds is 8. The van der Waals surface area contributed by atoms with E-state index < -0.39 is 0 Å². The largest absolute Gasteiger partial charge is 0.497 e. The van der Waals surface area contributed by atoms with Gasteiger partial charge < -0.3 is 20.1 Å². The van der Waals surface area contributed by atoms with Crippen LogP contribution in [0.4, 0.5) is 5.69 Å². The lowest BCUT2D eigenvalue weighted by Crippen LogP contribution is -2.27. The molecule has 0 saturated carbocycles. The third kappa shape index (κ3) is 4.53. The molecule has 158 valence electrons. The third-order valence-electron chi connectivity index (χ3n) is 4.78. The molecule has 0 atom stereocenters. The number of fused-ring (bicyclic) bond motifs is 1. The van der Waals surface area contributed by atoms with E-state index in [1.165, 1.54) is 7.11 Å². The maximum absolute atomic E-state index is 12.6. The zero-order chi connectivity index (χ0) is 21.7. The van der Waals surface area contributed by atoms with Crippen molar-refractivity contribution in [1.82, 2.24) is 14.7 Å². The van der Waals surface area contributed by atoms with Crippen molar-refractivity contribution in [2.45, 2.75) is 26.7 Å². The molecule has 0 aliphatic heterocycles. The molecule has 3 rings (SSSR count). The summed E-state index contributed by atoms with van der Waals surface area (Å²) in [4.78, 5) is 29.4. The number of ether oxygens (including phenoxy) is 2. The van der Waals surface area contributed by atoms with E-state index in [9.17, 15) is 9.59 Å². The first-order chi connectivity index (χ1) is 14.4. The van der Waals surface area contributed by atoms with Gasteiger partial charge in [0.05, 0.1) is 25.6 Å². The van der Waals surface area contributed by atoms with Crippen LogP contribution in [-0.4, -0.2) is 42.0 Å². The minimum atomic E-state index is -0.206. The minimum absolute atomic E-state index is 0.158. The molecule has 0 radical (unpaired) electrons. The van der Waals surface area contributed by atoms with Gasteiger partial charge in [-0.2, -0.15) is 0 Å². The van der Waals surface area contributed by atoms with Crippen molar-refractivity contribution < 1.29 is 19.1 Å². The number of anilines is 1. The highest BCUT2D eigenvalue weighted by Crippen LogP contribution is 2.29. The fraction of sp³-hybridized carbons (Fsp3) is 0.318. The fourth-order valence-corrected chi connectivity index (χ4v) is 3.24. The first-order valence-corrected chi connectivity index (χ1v) is 9.69. The Morgan fingerprint density at radius 2 is 1.93 bits per heavy atom. The van der Waals surface area contributed by atoms with Gasteiger partial charge in [-0.05, 0) is 44.0 Å². The number of carbonyl (C=O) groups is 2. The van der Waals surface area contributed by atoms with Gasteiger partial charge in [0, 0.05) is 25.2 Å². The van der Waals surface area contributed by atoms with E-state index in [2.05, 4.69) is 15.6 Å². The van der Waals surface area contributed by atoms with Crippen molar-refractivity contribution in [1.29, 1.82) is 0 Å². The summed E-state index contributed by atoms with van der Waals surface area (Å²) < 4.78 is 12.2. The molecule has 0 fully saturated rings. The molecule has 0 spiro atoms. The lowest BCUT2D eigenvalue weighted by Gasteiger charge is -2.12. The number of amides is 2. The highest BCUT2D eigenvalue weighted by molar-refractivity contribution is 5.95. The zero-order valence-corrected chi connectivity index (χ0v) is 17.6. The quantitative estimate of drug-likeness (QED) is 0.557. The number of nitrogens with one attached hydrogen (secondary N) is 2. The number of nitrogens with zero attached hydrogens (tertiary/aromatic N) is 2. The van der Waals surface area contributed by atoms with Crippen molar-refractivity contribution in [2.24, 2.45) is 0 Å². The Kier molecular flexibility index (Phi) is 6.56. The summed E-state index contributed by atoms with van der Waals surface area (Å²) >= 11 is 0. The average molecular weight is 410 g/mol. The molecule has 0 unspecified atom stereocenters. The maximum Gasteiger partial charge on any atom is 0.270 e. The van der Waals surface area contributed by atoms with E-state index in [-0.39, 0.29) is 18.2 Å². The number of imidazole rings is 1. The molecule has 2 heterocycles. The lowest BCUT2D eigenvalue weighted by molar-refractivity contribution is -0.116. The number of pyridine rings is 1. The Morgan fingerprint density at radius 1 is 1.13 bits per heavy atom. The lowest BCUT2D eigenvalue weighted by atomic mass is 10.2. The van der Waals surface area contributed by atoms with E-state index in [0.29, 0.717) is 41.5 Å². The molecule has 2 N–H and O–H groups in total. The van der Waals surface area contributed by atoms with Crippen molar-refractivity contribution in [3.8, 4) is 11.5 Å². The van der Waals surface area contributed by atoms with Crippen LogP contribution in [0.3, 0.4) is 0 Å². The number of benzene rings is 1. The van der Waals surface area contributed by atoms with E-state index in [1.807, 2.05) is 32.2 Å². The molecular formula is C22H26N4O4. The molecule has 0 saturated heterocycles. The molecule has 30 heavy (non-hydrogen) atoms. The number of hydrogen-bond acceptors (Lipinski definition) is 5. The molecule has 0 aliphatic rings. The van der Waals surface area contributed by atoms with Crippen LogP contribution in [0.2, 0.25) is 0 Å². The highest BCUT2D eigenvalue weighted by atomic mass is 16.5. The van der Waals surface area contributed by atoms with Gasteiger partial charge in [0.15, 0.2) is 0 Å². The summed E-state index contributed by atoms with van der Waals surface area (Å²) in [5.74, 6) is 0.803. The average Bonchev–Trinajstić information content (AvgIpc) is 3.08. The second kappa shape index (κ2) is 9.30. The summed E-state index contributed by atoms with van der Waals surface area (Å²) in [6, 6.07) is 9.03. The van der Waals surface area contributed by atoms with Crippen molar-refractivity contribution >= 4 is 23.1 Å². The molecule has 0 bridgehead atoms. The smallest absolute Gasteiger partial charge is 0.270 e. The normalized spacial score (nSPS) is 10.7. The Labute approximate surface area is 175 Å². The van der Waals surface area contributed by atoms with Crippen LogP contribution in [-0.2, 0) is 4.79 Å². The summed E-state index contributed by atoms with van der Waals surface area (Å²) in [5, 5.41) is 5.70. The predicted molar refractivity (Wildman–Crippen MR) is 114 cm³/mol. The second-order valence-electron chi connectivity index (χ2n) is 6.90. The third-order valence-corrected chi connectivity index (χ3v) is 4.78. The molecule has 2 aromatic heterocycles. The van der Waals surface area contributed by atoms with Crippen molar-refractivity contribution in [3.63, 3.8) is 0 Å². The highest BCUT2D eigenvalue weighted by Gasteiger charge is 2.17. The van der Waals surface area contributed by atoms with Gasteiger partial charge in [-0.15, -0.1) is 0 Å². The predicted octanol–water partition coefficient (Wildman–Crippen LogP) is 3.12. The van der Waals surface area contributed by atoms with Crippen LogP contribution in [0.5, 0.6) is 11.5 Å².